The first-order valence-electron chi connectivity index (χ1n) is 10.3. The number of nitrogens with zero attached hydrogens (tertiary/aromatic N) is 2. The zero-order chi connectivity index (χ0) is 21.9. The van der Waals surface area contributed by atoms with E-state index in [0.29, 0.717) is 5.82 Å². The number of hydrogen-bond donors (Lipinski definition) is 1. The first-order valence-corrected chi connectivity index (χ1v) is 11.1. The minimum atomic E-state index is 0.715. The standard InChI is InChI=1S/C28H20BrN3/c29-24-16-15-23(17-25(24)30)19-11-13-21(14-12-19)27-18-26(20-7-3-1-4-8-20)31-28(32-27)22-9-5-2-6-10-22/h1-18H,30H2. The number of benzene rings is 4. The van der Waals surface area contributed by atoms with Gasteiger partial charge in [0.05, 0.1) is 11.4 Å². The number of anilines is 1. The molecule has 4 heteroatoms. The van der Waals surface area contributed by atoms with Crippen molar-refractivity contribution in [2.45, 2.75) is 0 Å². The van der Waals surface area contributed by atoms with E-state index in [0.717, 1.165) is 49.4 Å². The summed E-state index contributed by atoms with van der Waals surface area (Å²) in [5.41, 5.74) is 13.9. The van der Waals surface area contributed by atoms with Crippen LogP contribution in [0, 0.1) is 0 Å². The number of aromatic nitrogens is 2. The highest BCUT2D eigenvalue weighted by Crippen LogP contribution is 2.31. The molecule has 0 saturated carbocycles. The normalized spacial score (nSPS) is 10.8. The lowest BCUT2D eigenvalue weighted by atomic mass is 10.0. The molecule has 0 fully saturated rings. The molecule has 3 nitrogen and oxygen atoms in total. The summed E-state index contributed by atoms with van der Waals surface area (Å²) in [5, 5.41) is 0. The molecule has 0 radical (unpaired) electrons. The predicted molar refractivity (Wildman–Crippen MR) is 136 cm³/mol. The smallest absolute Gasteiger partial charge is 0.160 e. The average Bonchev–Trinajstić information content (AvgIpc) is 2.86. The van der Waals surface area contributed by atoms with Crippen molar-refractivity contribution in [1.29, 1.82) is 0 Å². The Kier molecular flexibility index (Phi) is 5.53. The van der Waals surface area contributed by atoms with E-state index in [1.54, 1.807) is 0 Å². The highest BCUT2D eigenvalue weighted by Gasteiger charge is 2.11. The van der Waals surface area contributed by atoms with E-state index < -0.39 is 0 Å². The van der Waals surface area contributed by atoms with Crippen molar-refractivity contribution >= 4 is 21.6 Å². The summed E-state index contributed by atoms with van der Waals surface area (Å²) in [7, 11) is 0. The second-order valence-corrected chi connectivity index (χ2v) is 8.36. The summed E-state index contributed by atoms with van der Waals surface area (Å²) in [5.74, 6) is 0.715. The van der Waals surface area contributed by atoms with Crippen LogP contribution in [0.3, 0.4) is 0 Å². The molecule has 32 heavy (non-hydrogen) atoms. The lowest BCUT2D eigenvalue weighted by molar-refractivity contribution is 1.18. The predicted octanol–water partition coefficient (Wildman–Crippen LogP) is 7.49. The van der Waals surface area contributed by atoms with Gasteiger partial charge >= 0.3 is 0 Å². The Hall–Kier alpha value is -3.76. The molecule has 154 valence electrons. The molecule has 1 heterocycles. The summed E-state index contributed by atoms with van der Waals surface area (Å²) in [6, 6.07) is 36.7. The van der Waals surface area contributed by atoms with E-state index in [4.69, 9.17) is 15.7 Å². The van der Waals surface area contributed by atoms with Crippen LogP contribution in [-0.2, 0) is 0 Å². The van der Waals surface area contributed by atoms with Crippen molar-refractivity contribution in [3.63, 3.8) is 0 Å². The quantitative estimate of drug-likeness (QED) is 0.272. The van der Waals surface area contributed by atoms with Gasteiger partial charge in [0.1, 0.15) is 0 Å². The van der Waals surface area contributed by atoms with Crippen LogP contribution in [-0.4, -0.2) is 9.97 Å². The van der Waals surface area contributed by atoms with Gasteiger partial charge in [-0.3, -0.25) is 0 Å². The fourth-order valence-electron chi connectivity index (χ4n) is 3.62. The van der Waals surface area contributed by atoms with Crippen LogP contribution in [0.2, 0.25) is 0 Å². The molecule has 0 atom stereocenters. The molecule has 0 amide bonds. The van der Waals surface area contributed by atoms with Crippen molar-refractivity contribution in [2.24, 2.45) is 0 Å². The number of hydrogen-bond acceptors (Lipinski definition) is 3. The number of halogens is 1. The number of nitrogens with two attached hydrogens (primary N) is 1. The molecule has 4 aromatic carbocycles. The fraction of sp³-hybridized carbons (Fsp3) is 0. The molecule has 0 saturated heterocycles. The van der Waals surface area contributed by atoms with E-state index in [1.807, 2.05) is 66.7 Å². The summed E-state index contributed by atoms with van der Waals surface area (Å²) >= 11 is 3.46. The van der Waals surface area contributed by atoms with Gasteiger partial charge in [0.2, 0.25) is 0 Å². The number of nitrogen functional groups attached to an aromatic ring is 1. The largest absolute Gasteiger partial charge is 0.398 e. The van der Waals surface area contributed by atoms with Crippen LogP contribution >= 0.6 is 15.9 Å². The third kappa shape index (κ3) is 4.18. The van der Waals surface area contributed by atoms with Gasteiger partial charge in [0.25, 0.3) is 0 Å². The molecule has 0 bridgehead atoms. The Bertz CT molecular complexity index is 1310. The van der Waals surface area contributed by atoms with Gasteiger partial charge in [0, 0.05) is 26.9 Å². The Morgan fingerprint density at radius 1 is 0.500 bits per heavy atom. The van der Waals surface area contributed by atoms with Crippen LogP contribution < -0.4 is 5.73 Å². The van der Waals surface area contributed by atoms with Crippen molar-refractivity contribution in [2.75, 3.05) is 5.73 Å². The summed E-state index contributed by atoms with van der Waals surface area (Å²) in [4.78, 5) is 9.74. The van der Waals surface area contributed by atoms with Gasteiger partial charge in [-0.25, -0.2) is 9.97 Å². The summed E-state index contributed by atoms with van der Waals surface area (Å²) < 4.78 is 0.903. The Morgan fingerprint density at radius 3 is 1.59 bits per heavy atom. The molecule has 0 spiro atoms. The van der Waals surface area contributed by atoms with E-state index in [-0.39, 0.29) is 0 Å². The maximum absolute atomic E-state index is 6.06. The van der Waals surface area contributed by atoms with Crippen LogP contribution in [0.15, 0.2) is 114 Å². The SMILES string of the molecule is Nc1cc(-c2ccc(-c3cc(-c4ccccc4)nc(-c4ccccc4)n3)cc2)ccc1Br. The molecule has 0 aliphatic heterocycles. The van der Waals surface area contributed by atoms with E-state index in [2.05, 4.69) is 58.4 Å². The maximum atomic E-state index is 6.06. The molecular formula is C28H20BrN3. The second-order valence-electron chi connectivity index (χ2n) is 7.51. The topological polar surface area (TPSA) is 51.8 Å². The van der Waals surface area contributed by atoms with Gasteiger partial charge in [-0.05, 0) is 45.3 Å². The van der Waals surface area contributed by atoms with Crippen LogP contribution in [0.4, 0.5) is 5.69 Å². The molecule has 0 aliphatic carbocycles. The van der Waals surface area contributed by atoms with Crippen LogP contribution in [0.5, 0.6) is 0 Å². The van der Waals surface area contributed by atoms with E-state index in [9.17, 15) is 0 Å². The molecule has 0 unspecified atom stereocenters. The third-order valence-corrected chi connectivity index (χ3v) is 6.06. The monoisotopic (exact) mass is 477 g/mol. The average molecular weight is 478 g/mol. The molecule has 2 N–H and O–H groups in total. The Labute approximate surface area is 195 Å². The van der Waals surface area contributed by atoms with E-state index in [1.165, 1.54) is 0 Å². The lowest BCUT2D eigenvalue weighted by Crippen LogP contribution is -1.95. The van der Waals surface area contributed by atoms with Crippen molar-refractivity contribution in [3.8, 4) is 45.0 Å². The highest BCUT2D eigenvalue weighted by molar-refractivity contribution is 9.10. The first-order chi connectivity index (χ1) is 15.7. The third-order valence-electron chi connectivity index (χ3n) is 5.34. The lowest BCUT2D eigenvalue weighted by Gasteiger charge is -2.10. The van der Waals surface area contributed by atoms with Crippen LogP contribution in [0.1, 0.15) is 0 Å². The van der Waals surface area contributed by atoms with Gasteiger partial charge < -0.3 is 5.73 Å². The zero-order valence-corrected chi connectivity index (χ0v) is 18.8. The van der Waals surface area contributed by atoms with Gasteiger partial charge in [0.15, 0.2) is 5.82 Å². The van der Waals surface area contributed by atoms with Gasteiger partial charge in [-0.2, -0.15) is 0 Å². The molecular weight excluding hydrogens is 458 g/mol. The van der Waals surface area contributed by atoms with Crippen molar-refractivity contribution in [3.05, 3.63) is 114 Å². The van der Waals surface area contributed by atoms with Crippen molar-refractivity contribution in [1.82, 2.24) is 9.97 Å². The van der Waals surface area contributed by atoms with Crippen molar-refractivity contribution < 1.29 is 0 Å². The highest BCUT2D eigenvalue weighted by atomic mass is 79.9. The molecule has 5 rings (SSSR count). The minimum Gasteiger partial charge on any atom is -0.398 e. The second kappa shape index (κ2) is 8.77. The van der Waals surface area contributed by atoms with E-state index >= 15 is 0 Å². The summed E-state index contributed by atoms with van der Waals surface area (Å²) in [6.07, 6.45) is 0. The fourth-order valence-corrected chi connectivity index (χ4v) is 3.87. The van der Waals surface area contributed by atoms with Gasteiger partial charge in [-0.1, -0.05) is 91.0 Å². The van der Waals surface area contributed by atoms with Crippen LogP contribution in [0.25, 0.3) is 45.0 Å². The maximum Gasteiger partial charge on any atom is 0.160 e. The summed E-state index contributed by atoms with van der Waals surface area (Å²) in [6.45, 7) is 0. The van der Waals surface area contributed by atoms with Gasteiger partial charge in [-0.15, -0.1) is 0 Å². The molecule has 5 aromatic rings. The minimum absolute atomic E-state index is 0.715. The Balaban J connectivity index is 1.58. The molecule has 0 aliphatic rings. The zero-order valence-electron chi connectivity index (χ0n) is 17.2. The molecule has 1 aromatic heterocycles. The Morgan fingerprint density at radius 2 is 1.00 bits per heavy atom. The first kappa shape index (κ1) is 20.2. The number of rotatable bonds is 4.